The van der Waals surface area contributed by atoms with Gasteiger partial charge in [0.15, 0.2) is 11.2 Å². The Balaban J connectivity index is 1.15. The number of anilines is 1. The van der Waals surface area contributed by atoms with Crippen LogP contribution in [0.1, 0.15) is 34.0 Å². The number of fused-ring (bicyclic) bond motifs is 3. The van der Waals surface area contributed by atoms with Crippen LogP contribution in [0.15, 0.2) is 53.9 Å². The lowest BCUT2D eigenvalue weighted by atomic mass is 9.98. The summed E-state index contributed by atoms with van der Waals surface area (Å²) in [5.74, 6) is -1.84. The average molecular weight is 494 g/mol. The molecule has 0 bridgehead atoms. The van der Waals surface area contributed by atoms with Gasteiger partial charge in [-0.05, 0) is 28.7 Å². The highest BCUT2D eigenvalue weighted by atomic mass is 32.1. The molecule has 35 heavy (non-hydrogen) atoms. The Morgan fingerprint density at radius 3 is 2.46 bits per heavy atom. The molecular weight excluding hydrogens is 470 g/mol. The first-order valence-electron chi connectivity index (χ1n) is 11.2. The van der Waals surface area contributed by atoms with Crippen LogP contribution >= 0.6 is 11.3 Å². The summed E-state index contributed by atoms with van der Waals surface area (Å²) in [6.45, 7) is 0.692. The summed E-state index contributed by atoms with van der Waals surface area (Å²) in [5.41, 5.74) is 4.66. The molecule has 2 heterocycles. The van der Waals surface area contributed by atoms with Crippen molar-refractivity contribution in [2.75, 3.05) is 25.1 Å². The molecule has 2 aliphatic rings. The highest BCUT2D eigenvalue weighted by Gasteiger charge is 2.34. The zero-order valence-electron chi connectivity index (χ0n) is 18.6. The van der Waals surface area contributed by atoms with Crippen LogP contribution in [-0.2, 0) is 14.3 Å². The number of hydrogen-bond acceptors (Lipinski definition) is 7. The van der Waals surface area contributed by atoms with Crippen molar-refractivity contribution in [3.05, 3.63) is 70.7 Å². The maximum Gasteiger partial charge on any atom is 0.413 e. The molecule has 1 fully saturated rings. The summed E-state index contributed by atoms with van der Waals surface area (Å²) in [6, 6.07) is 16.2. The third kappa shape index (κ3) is 4.75. The molecule has 2 aromatic carbocycles. The standard InChI is InChI=1S/C25H23N3O6S/c29-22(26-11-14-9-10-33-21(14)23(30)31)20-13-35-24(27-20)28-25(32)34-12-19-17-7-3-1-5-15(17)16-6-2-4-8-18(16)19/h1-8,13-14,19,21H,9-12H2,(H,26,29)(H,30,31)(H,27,28,32)/t14-,21-/m1/s1. The number of carbonyl (C=O) groups is 3. The summed E-state index contributed by atoms with van der Waals surface area (Å²) in [7, 11) is 0. The van der Waals surface area contributed by atoms with Crippen LogP contribution in [0.3, 0.4) is 0 Å². The number of carboxylic acids is 1. The molecule has 0 spiro atoms. The highest BCUT2D eigenvalue weighted by Crippen LogP contribution is 2.44. The number of nitrogens with one attached hydrogen (secondary N) is 2. The summed E-state index contributed by atoms with van der Waals surface area (Å²) < 4.78 is 10.7. The molecule has 1 aliphatic carbocycles. The fourth-order valence-electron chi connectivity index (χ4n) is 4.59. The molecule has 0 unspecified atom stereocenters. The molecule has 9 nitrogen and oxygen atoms in total. The summed E-state index contributed by atoms with van der Waals surface area (Å²) in [6.07, 6.45) is -1.01. The first-order chi connectivity index (χ1) is 17.0. The molecular formula is C25H23N3O6S. The molecule has 2 atom stereocenters. The smallest absolute Gasteiger partial charge is 0.413 e. The Labute approximate surface area is 205 Å². The number of aliphatic carboxylic acids is 1. The average Bonchev–Trinajstić information content (AvgIpc) is 3.59. The third-order valence-corrected chi connectivity index (χ3v) is 7.03. The Morgan fingerprint density at radius 2 is 1.77 bits per heavy atom. The molecule has 0 saturated carbocycles. The molecule has 1 aliphatic heterocycles. The number of thiazole rings is 1. The first-order valence-corrected chi connectivity index (χ1v) is 12.1. The summed E-state index contributed by atoms with van der Waals surface area (Å²) >= 11 is 1.10. The Morgan fingerprint density at radius 1 is 1.09 bits per heavy atom. The predicted molar refractivity (Wildman–Crippen MR) is 129 cm³/mol. The van der Waals surface area contributed by atoms with Gasteiger partial charge in [-0.25, -0.2) is 14.6 Å². The molecule has 0 radical (unpaired) electrons. The second kappa shape index (κ2) is 9.85. The van der Waals surface area contributed by atoms with E-state index in [0.29, 0.717) is 13.0 Å². The SMILES string of the molecule is O=C(Nc1nc(C(=O)NC[C@H]2CCO[C@H]2C(=O)O)cs1)OCC1c2ccccc2-c2ccccc21. The van der Waals surface area contributed by atoms with Crippen molar-refractivity contribution in [1.82, 2.24) is 10.3 Å². The minimum Gasteiger partial charge on any atom is -0.479 e. The van der Waals surface area contributed by atoms with E-state index in [0.717, 1.165) is 33.6 Å². The van der Waals surface area contributed by atoms with Crippen molar-refractivity contribution in [2.45, 2.75) is 18.4 Å². The van der Waals surface area contributed by atoms with E-state index in [1.165, 1.54) is 5.38 Å². The van der Waals surface area contributed by atoms with Gasteiger partial charge in [0, 0.05) is 30.4 Å². The predicted octanol–water partition coefficient (Wildman–Crippen LogP) is 3.72. The maximum atomic E-state index is 12.4. The van der Waals surface area contributed by atoms with Crippen LogP contribution in [0.4, 0.5) is 9.93 Å². The number of amides is 2. The van der Waals surface area contributed by atoms with Gasteiger partial charge in [-0.2, -0.15) is 0 Å². The van der Waals surface area contributed by atoms with Gasteiger partial charge in [0.2, 0.25) is 0 Å². The number of carbonyl (C=O) groups excluding carboxylic acids is 2. The van der Waals surface area contributed by atoms with Gasteiger partial charge in [-0.3, -0.25) is 10.1 Å². The van der Waals surface area contributed by atoms with Crippen LogP contribution in [0, 0.1) is 5.92 Å². The van der Waals surface area contributed by atoms with E-state index in [-0.39, 0.29) is 35.8 Å². The van der Waals surface area contributed by atoms with Crippen molar-refractivity contribution in [1.29, 1.82) is 0 Å². The van der Waals surface area contributed by atoms with Gasteiger partial charge in [-0.1, -0.05) is 48.5 Å². The second-order valence-corrected chi connectivity index (χ2v) is 9.23. The molecule has 5 rings (SSSR count). The van der Waals surface area contributed by atoms with E-state index in [9.17, 15) is 14.4 Å². The normalized spacial score (nSPS) is 18.5. The number of aromatic nitrogens is 1. The van der Waals surface area contributed by atoms with Crippen LogP contribution in [-0.4, -0.2) is 53.9 Å². The van der Waals surface area contributed by atoms with Crippen molar-refractivity contribution in [3.63, 3.8) is 0 Å². The number of benzene rings is 2. The van der Waals surface area contributed by atoms with E-state index >= 15 is 0 Å². The zero-order chi connectivity index (χ0) is 24.4. The lowest BCUT2D eigenvalue weighted by Crippen LogP contribution is -2.36. The van der Waals surface area contributed by atoms with Crippen LogP contribution in [0.25, 0.3) is 11.1 Å². The molecule has 180 valence electrons. The molecule has 3 N–H and O–H groups in total. The van der Waals surface area contributed by atoms with Crippen LogP contribution in [0.2, 0.25) is 0 Å². The maximum absolute atomic E-state index is 12.4. The number of hydrogen-bond donors (Lipinski definition) is 3. The third-order valence-electron chi connectivity index (χ3n) is 6.27. The Bertz CT molecular complexity index is 1230. The lowest BCUT2D eigenvalue weighted by Gasteiger charge is -2.14. The monoisotopic (exact) mass is 493 g/mol. The van der Waals surface area contributed by atoms with Crippen LogP contribution in [0.5, 0.6) is 0 Å². The summed E-state index contributed by atoms with van der Waals surface area (Å²) in [4.78, 5) is 40.2. The van der Waals surface area contributed by atoms with Crippen molar-refractivity contribution in [2.24, 2.45) is 5.92 Å². The topological polar surface area (TPSA) is 127 Å². The number of ether oxygens (including phenoxy) is 2. The number of rotatable bonds is 7. The minimum atomic E-state index is -1.04. The van der Waals surface area contributed by atoms with E-state index < -0.39 is 24.1 Å². The summed E-state index contributed by atoms with van der Waals surface area (Å²) in [5, 5.41) is 16.2. The fourth-order valence-corrected chi connectivity index (χ4v) is 5.26. The fraction of sp³-hybridized carbons (Fsp3) is 0.280. The second-order valence-electron chi connectivity index (χ2n) is 8.38. The molecule has 10 heteroatoms. The van der Waals surface area contributed by atoms with Gasteiger partial charge in [0.25, 0.3) is 5.91 Å². The quantitative estimate of drug-likeness (QED) is 0.458. The first kappa shape index (κ1) is 23.0. The van der Waals surface area contributed by atoms with Gasteiger partial charge in [0.1, 0.15) is 12.3 Å². The molecule has 1 aromatic heterocycles. The number of carboxylic acid groups (broad SMARTS) is 1. The van der Waals surface area contributed by atoms with Gasteiger partial charge >= 0.3 is 12.1 Å². The minimum absolute atomic E-state index is 0.0556. The largest absolute Gasteiger partial charge is 0.479 e. The Kier molecular flexibility index (Phi) is 6.47. The van der Waals surface area contributed by atoms with Gasteiger partial charge in [0.05, 0.1) is 0 Å². The van der Waals surface area contributed by atoms with E-state index in [4.69, 9.17) is 14.6 Å². The van der Waals surface area contributed by atoms with Gasteiger partial charge < -0.3 is 19.9 Å². The van der Waals surface area contributed by atoms with Crippen LogP contribution < -0.4 is 10.6 Å². The van der Waals surface area contributed by atoms with E-state index in [2.05, 4.69) is 27.8 Å². The molecule has 2 amide bonds. The van der Waals surface area contributed by atoms with Crippen molar-refractivity contribution < 1.29 is 29.0 Å². The van der Waals surface area contributed by atoms with E-state index in [1.54, 1.807) is 0 Å². The van der Waals surface area contributed by atoms with E-state index in [1.807, 2.05) is 36.4 Å². The number of nitrogens with zero attached hydrogens (tertiary/aromatic N) is 1. The molecule has 1 saturated heterocycles. The van der Waals surface area contributed by atoms with Crippen molar-refractivity contribution >= 4 is 34.4 Å². The lowest BCUT2D eigenvalue weighted by molar-refractivity contribution is -0.149. The highest BCUT2D eigenvalue weighted by molar-refractivity contribution is 7.14. The Hall–Kier alpha value is -3.76. The van der Waals surface area contributed by atoms with Gasteiger partial charge in [-0.15, -0.1) is 11.3 Å². The van der Waals surface area contributed by atoms with Crippen molar-refractivity contribution in [3.8, 4) is 11.1 Å². The molecule has 3 aromatic rings. The zero-order valence-corrected chi connectivity index (χ0v) is 19.4.